The number of aliphatic hydroxyl groups excluding tert-OH is 2. The molecule has 4 heteroatoms. The molecule has 4 aliphatic rings. The zero-order chi connectivity index (χ0) is 26.1. The highest BCUT2D eigenvalue weighted by Gasteiger charge is 2.66. The lowest BCUT2D eigenvalue weighted by Crippen LogP contribution is -2.54. The van der Waals surface area contributed by atoms with E-state index in [9.17, 15) is 20.1 Å². The van der Waals surface area contributed by atoms with Gasteiger partial charge in [-0.15, -0.1) is 0 Å². The van der Waals surface area contributed by atoms with Gasteiger partial charge in [-0.05, 0) is 84.2 Å². The van der Waals surface area contributed by atoms with E-state index < -0.39 is 18.0 Å². The Kier molecular flexibility index (Phi) is 6.54. The van der Waals surface area contributed by atoms with Crippen LogP contribution in [0.5, 0.6) is 0 Å². The minimum Gasteiger partial charge on any atom is -0.481 e. The fourth-order valence-electron chi connectivity index (χ4n) is 8.90. The minimum atomic E-state index is -0.793. The van der Waals surface area contributed by atoms with Crippen molar-refractivity contribution in [1.82, 2.24) is 0 Å². The average molecular weight is 485 g/mol. The lowest BCUT2D eigenvalue weighted by molar-refractivity contribution is -0.148. The van der Waals surface area contributed by atoms with E-state index in [1.54, 1.807) is 0 Å². The molecule has 4 rings (SSSR count). The maximum absolute atomic E-state index is 12.6. The Morgan fingerprint density at radius 3 is 2.37 bits per heavy atom. The van der Waals surface area contributed by atoms with Gasteiger partial charge in [-0.1, -0.05) is 72.8 Å². The van der Waals surface area contributed by atoms with Crippen LogP contribution in [-0.2, 0) is 4.79 Å². The van der Waals surface area contributed by atoms with Crippen molar-refractivity contribution in [3.63, 3.8) is 0 Å². The number of hydrogen-bond acceptors (Lipinski definition) is 3. The number of carbonyl (C=O) groups is 1. The van der Waals surface area contributed by atoms with Gasteiger partial charge in [0.2, 0.25) is 0 Å². The van der Waals surface area contributed by atoms with Gasteiger partial charge in [0.25, 0.3) is 0 Å². The molecule has 4 aliphatic carbocycles. The van der Waals surface area contributed by atoms with E-state index in [0.717, 1.165) is 31.3 Å². The molecule has 0 saturated heterocycles. The Morgan fingerprint density at radius 1 is 1.11 bits per heavy atom. The quantitative estimate of drug-likeness (QED) is 0.374. The van der Waals surface area contributed by atoms with E-state index in [1.807, 2.05) is 0 Å². The number of aliphatic hydroxyl groups is 2. The van der Waals surface area contributed by atoms with Crippen molar-refractivity contribution in [2.75, 3.05) is 0 Å². The third-order valence-electron chi connectivity index (χ3n) is 11.6. The second kappa shape index (κ2) is 8.58. The van der Waals surface area contributed by atoms with Crippen LogP contribution in [0.15, 0.2) is 35.5 Å². The van der Waals surface area contributed by atoms with Crippen molar-refractivity contribution >= 4 is 5.97 Å². The summed E-state index contributed by atoms with van der Waals surface area (Å²) in [4.78, 5) is 12.6. The highest BCUT2D eigenvalue weighted by atomic mass is 16.4. The number of rotatable bonds is 6. The van der Waals surface area contributed by atoms with Crippen molar-refractivity contribution in [2.24, 2.45) is 45.3 Å². The smallest absolute Gasteiger partial charge is 0.306 e. The predicted molar refractivity (Wildman–Crippen MR) is 141 cm³/mol. The third kappa shape index (κ3) is 3.72. The maximum Gasteiger partial charge on any atom is 0.306 e. The monoisotopic (exact) mass is 484 g/mol. The molecule has 4 nitrogen and oxygen atoms in total. The number of fused-ring (bicyclic) bond motifs is 5. The molecule has 0 aliphatic heterocycles. The zero-order valence-electron chi connectivity index (χ0n) is 23.0. The normalized spacial score (nSPS) is 42.9. The van der Waals surface area contributed by atoms with Crippen LogP contribution in [0.3, 0.4) is 0 Å². The molecule has 0 radical (unpaired) electrons. The molecule has 0 heterocycles. The molecule has 35 heavy (non-hydrogen) atoms. The number of aliphatic carboxylic acids is 1. The first-order valence-electron chi connectivity index (χ1n) is 13.8. The molecule has 0 spiro atoms. The lowest BCUT2D eigenvalue weighted by atomic mass is 9.44. The van der Waals surface area contributed by atoms with Crippen molar-refractivity contribution in [3.8, 4) is 0 Å². The van der Waals surface area contributed by atoms with Crippen molar-refractivity contribution in [1.29, 1.82) is 0 Å². The van der Waals surface area contributed by atoms with Gasteiger partial charge in [0, 0.05) is 11.3 Å². The number of carboxylic acid groups (broad SMARTS) is 1. The van der Waals surface area contributed by atoms with Gasteiger partial charge in [-0.25, -0.2) is 0 Å². The summed E-state index contributed by atoms with van der Waals surface area (Å²) in [7, 11) is 0. The molecule has 196 valence electrons. The van der Waals surface area contributed by atoms with E-state index in [0.29, 0.717) is 31.1 Å². The molecule has 0 aromatic heterocycles. The summed E-state index contributed by atoms with van der Waals surface area (Å²) in [6.45, 7) is 19.7. The summed E-state index contributed by atoms with van der Waals surface area (Å²) in [6, 6.07) is 0. The van der Waals surface area contributed by atoms with Gasteiger partial charge in [0.1, 0.15) is 0 Å². The van der Waals surface area contributed by atoms with Crippen LogP contribution in [0.1, 0.15) is 93.4 Å². The Morgan fingerprint density at radius 2 is 1.77 bits per heavy atom. The van der Waals surface area contributed by atoms with Crippen molar-refractivity contribution < 1.29 is 20.1 Å². The van der Waals surface area contributed by atoms with Gasteiger partial charge >= 0.3 is 5.97 Å². The summed E-state index contributed by atoms with van der Waals surface area (Å²) < 4.78 is 0. The molecule has 0 aromatic carbocycles. The fraction of sp³-hybridized carbons (Fsp3) is 0.774. The molecule has 1 unspecified atom stereocenters. The molecule has 0 amide bonds. The van der Waals surface area contributed by atoms with E-state index >= 15 is 0 Å². The first-order chi connectivity index (χ1) is 16.1. The van der Waals surface area contributed by atoms with Gasteiger partial charge in [0.15, 0.2) is 0 Å². The van der Waals surface area contributed by atoms with E-state index in [2.05, 4.69) is 67.2 Å². The van der Waals surface area contributed by atoms with Crippen molar-refractivity contribution in [3.05, 3.63) is 35.5 Å². The highest BCUT2D eigenvalue weighted by Crippen LogP contribution is 2.71. The SMILES string of the molecule is C=C(CC[C@H](C(=O)O)[C@@H]1[C@@H](O)C[C@]2(C)C3=CCC4C(C)(C)[C@H](O)CC[C@@]4(C)C3=CC[C@@]12C)C(C)C. The first-order valence-corrected chi connectivity index (χ1v) is 13.8. The first kappa shape index (κ1) is 26.7. The number of carboxylic acids is 1. The molecule has 0 bridgehead atoms. The minimum absolute atomic E-state index is 0.00139. The second-order valence-electron chi connectivity index (χ2n) is 13.9. The highest BCUT2D eigenvalue weighted by molar-refractivity contribution is 5.71. The number of hydrogen-bond donors (Lipinski definition) is 3. The van der Waals surface area contributed by atoms with Crippen LogP contribution in [0, 0.1) is 45.3 Å². The summed E-state index contributed by atoms with van der Waals surface area (Å²) in [6.07, 6.45) is 9.19. The van der Waals surface area contributed by atoms with Crippen LogP contribution < -0.4 is 0 Å². The van der Waals surface area contributed by atoms with Gasteiger partial charge in [-0.2, -0.15) is 0 Å². The second-order valence-corrected chi connectivity index (χ2v) is 13.9. The zero-order valence-corrected chi connectivity index (χ0v) is 23.0. The maximum atomic E-state index is 12.6. The molecule has 3 N–H and O–H groups in total. The molecular weight excluding hydrogens is 436 g/mol. The van der Waals surface area contributed by atoms with E-state index in [4.69, 9.17) is 0 Å². The molecule has 8 atom stereocenters. The summed E-state index contributed by atoms with van der Waals surface area (Å²) in [5.74, 6) is -0.966. The number of allylic oxidation sites excluding steroid dienone is 5. The lowest BCUT2D eigenvalue weighted by Gasteiger charge is -2.61. The van der Waals surface area contributed by atoms with E-state index in [-0.39, 0.29) is 33.7 Å². The standard InChI is InChI=1S/C31H48O4/c1-18(2)19(3)9-10-20(27(34)35)26-23(32)17-31(8)22-11-12-24-28(4,5)25(33)14-15-29(24,6)21(22)13-16-30(26,31)7/h11,13,18,20,23-26,32-33H,3,9-10,12,14-17H2,1-2,4-8H3,(H,34,35)/t20-,23-,24?,25+,26+,29-,30-,31+/m0/s1. The molecule has 2 saturated carbocycles. The van der Waals surface area contributed by atoms with Crippen LogP contribution in [0.4, 0.5) is 0 Å². The predicted octanol–water partition coefficient (Wildman–Crippen LogP) is 6.54. The topological polar surface area (TPSA) is 77.8 Å². The van der Waals surface area contributed by atoms with Crippen molar-refractivity contribution in [2.45, 2.75) is 106 Å². The summed E-state index contributed by atoms with van der Waals surface area (Å²) in [5.41, 5.74) is 3.09. The van der Waals surface area contributed by atoms with Crippen LogP contribution >= 0.6 is 0 Å². The Hall–Kier alpha value is -1.39. The molecule has 2 fully saturated rings. The van der Waals surface area contributed by atoms with Gasteiger partial charge in [0.05, 0.1) is 18.1 Å². The molecular formula is C31H48O4. The Labute approximate surface area is 212 Å². The van der Waals surface area contributed by atoms with Gasteiger partial charge in [-0.3, -0.25) is 4.79 Å². The van der Waals surface area contributed by atoms with Gasteiger partial charge < -0.3 is 15.3 Å². The Bertz CT molecular complexity index is 957. The van der Waals surface area contributed by atoms with Crippen LogP contribution in [-0.4, -0.2) is 33.5 Å². The van der Waals surface area contributed by atoms with Crippen LogP contribution in [0.2, 0.25) is 0 Å². The summed E-state index contributed by atoms with van der Waals surface area (Å²) >= 11 is 0. The summed E-state index contributed by atoms with van der Waals surface area (Å²) in [5, 5.41) is 32.6. The average Bonchev–Trinajstić information content (AvgIpc) is 2.97. The van der Waals surface area contributed by atoms with Crippen LogP contribution in [0.25, 0.3) is 0 Å². The fourth-order valence-corrected chi connectivity index (χ4v) is 8.90. The van der Waals surface area contributed by atoms with E-state index in [1.165, 1.54) is 11.1 Å². The largest absolute Gasteiger partial charge is 0.481 e. The Balaban J connectivity index is 1.72. The molecule has 0 aromatic rings. The third-order valence-corrected chi connectivity index (χ3v) is 11.6.